The number of nitrogens with zero attached hydrogens (tertiary/aromatic N) is 1. The van der Waals surface area contributed by atoms with Crippen molar-refractivity contribution in [1.82, 2.24) is 4.90 Å². The van der Waals surface area contributed by atoms with E-state index in [0.717, 1.165) is 0 Å². The van der Waals surface area contributed by atoms with Crippen molar-refractivity contribution in [3.05, 3.63) is 17.7 Å². The summed E-state index contributed by atoms with van der Waals surface area (Å²) < 4.78 is 39.7. The van der Waals surface area contributed by atoms with Crippen molar-refractivity contribution in [3.8, 4) is 17.2 Å². The van der Waals surface area contributed by atoms with Crippen molar-refractivity contribution in [2.45, 2.75) is 32.9 Å². The van der Waals surface area contributed by atoms with E-state index in [1.165, 1.54) is 31.3 Å². The van der Waals surface area contributed by atoms with Crippen LogP contribution in [0.3, 0.4) is 0 Å². The average Bonchev–Trinajstić information content (AvgIpc) is 2.57. The van der Waals surface area contributed by atoms with Crippen LogP contribution in [0.15, 0.2) is 12.1 Å². The SMILES string of the molecule is COc1cc(C(=O)N(C)CCC(N)C(C)C)cc(OC)c1OC(F)F. The van der Waals surface area contributed by atoms with Crippen LogP contribution in [0.5, 0.6) is 17.2 Å². The summed E-state index contributed by atoms with van der Waals surface area (Å²) in [7, 11) is 4.25. The zero-order valence-corrected chi connectivity index (χ0v) is 15.2. The number of hydrogen-bond donors (Lipinski definition) is 1. The molecule has 25 heavy (non-hydrogen) atoms. The molecule has 0 heterocycles. The van der Waals surface area contributed by atoms with Crippen molar-refractivity contribution in [1.29, 1.82) is 0 Å². The number of nitrogens with two attached hydrogens (primary N) is 1. The van der Waals surface area contributed by atoms with E-state index in [-0.39, 0.29) is 34.8 Å². The Balaban J connectivity index is 3.01. The van der Waals surface area contributed by atoms with E-state index in [9.17, 15) is 13.6 Å². The zero-order chi connectivity index (χ0) is 19.1. The Morgan fingerprint density at radius 2 is 1.72 bits per heavy atom. The summed E-state index contributed by atoms with van der Waals surface area (Å²) in [6, 6.07) is 2.68. The molecule has 1 amide bonds. The van der Waals surface area contributed by atoms with Gasteiger partial charge in [-0.25, -0.2) is 0 Å². The number of amides is 1. The Hall–Kier alpha value is -2.09. The lowest BCUT2D eigenvalue weighted by Gasteiger charge is -2.22. The summed E-state index contributed by atoms with van der Waals surface area (Å²) in [4.78, 5) is 14.1. The number of carbonyl (C=O) groups is 1. The lowest BCUT2D eigenvalue weighted by Crippen LogP contribution is -2.34. The fourth-order valence-electron chi connectivity index (χ4n) is 2.21. The summed E-state index contributed by atoms with van der Waals surface area (Å²) in [6.45, 7) is 1.47. The molecule has 1 atom stereocenters. The Bertz CT molecular complexity index is 557. The molecule has 0 saturated heterocycles. The smallest absolute Gasteiger partial charge is 0.387 e. The third-order valence-electron chi connectivity index (χ3n) is 3.92. The average molecular weight is 360 g/mol. The predicted octanol–water partition coefficient (Wildman–Crippen LogP) is 2.75. The molecule has 0 fully saturated rings. The molecule has 0 aliphatic rings. The van der Waals surface area contributed by atoms with Gasteiger partial charge in [0, 0.05) is 25.2 Å². The van der Waals surface area contributed by atoms with Gasteiger partial charge in [0.15, 0.2) is 11.5 Å². The molecule has 8 heteroatoms. The zero-order valence-electron chi connectivity index (χ0n) is 15.2. The standard InChI is InChI=1S/C17H26F2N2O4/c1-10(2)12(20)6-7-21(3)16(22)11-8-13(23-4)15(25-17(18)19)14(9-11)24-5/h8-10,12,17H,6-7,20H2,1-5H3. The topological polar surface area (TPSA) is 74.0 Å². The largest absolute Gasteiger partial charge is 0.493 e. The number of ether oxygens (including phenoxy) is 3. The van der Waals surface area contributed by atoms with Crippen molar-refractivity contribution in [2.75, 3.05) is 27.8 Å². The number of alkyl halides is 2. The summed E-state index contributed by atoms with van der Waals surface area (Å²) in [5.41, 5.74) is 6.24. The van der Waals surface area contributed by atoms with Crippen LogP contribution in [-0.4, -0.2) is 51.3 Å². The maximum Gasteiger partial charge on any atom is 0.387 e. The summed E-state index contributed by atoms with van der Waals surface area (Å²) in [5, 5.41) is 0. The van der Waals surface area contributed by atoms with E-state index < -0.39 is 6.61 Å². The minimum Gasteiger partial charge on any atom is -0.493 e. The third kappa shape index (κ3) is 5.74. The highest BCUT2D eigenvalue weighted by atomic mass is 19.3. The van der Waals surface area contributed by atoms with E-state index in [1.54, 1.807) is 7.05 Å². The Labute approximate surface area is 146 Å². The summed E-state index contributed by atoms with van der Waals surface area (Å²) in [5.74, 6) is -0.239. The van der Waals surface area contributed by atoms with Gasteiger partial charge in [0.1, 0.15) is 0 Å². The van der Waals surface area contributed by atoms with Gasteiger partial charge in [-0.3, -0.25) is 4.79 Å². The summed E-state index contributed by atoms with van der Waals surface area (Å²) >= 11 is 0. The number of carbonyl (C=O) groups excluding carboxylic acids is 1. The predicted molar refractivity (Wildman–Crippen MR) is 90.6 cm³/mol. The lowest BCUT2D eigenvalue weighted by atomic mass is 10.0. The summed E-state index contributed by atoms with van der Waals surface area (Å²) in [6.07, 6.45) is 0.654. The van der Waals surface area contributed by atoms with E-state index >= 15 is 0 Å². The molecule has 0 aliphatic carbocycles. The molecule has 1 aromatic rings. The van der Waals surface area contributed by atoms with E-state index in [0.29, 0.717) is 18.9 Å². The minimum absolute atomic E-state index is 0.00437. The highest BCUT2D eigenvalue weighted by Gasteiger charge is 2.22. The Morgan fingerprint density at radius 3 is 2.12 bits per heavy atom. The first-order valence-corrected chi connectivity index (χ1v) is 7.93. The number of rotatable bonds is 9. The molecule has 2 N–H and O–H groups in total. The van der Waals surface area contributed by atoms with E-state index in [2.05, 4.69) is 4.74 Å². The van der Waals surface area contributed by atoms with Crippen molar-refractivity contribution in [3.63, 3.8) is 0 Å². The first-order chi connectivity index (χ1) is 11.7. The van der Waals surface area contributed by atoms with E-state index in [1.807, 2.05) is 13.8 Å². The maximum atomic E-state index is 12.6. The molecule has 0 spiro atoms. The molecular formula is C17H26F2N2O4. The molecule has 0 radical (unpaired) electrons. The number of hydrogen-bond acceptors (Lipinski definition) is 5. The molecule has 1 aromatic carbocycles. The van der Waals surface area contributed by atoms with E-state index in [4.69, 9.17) is 15.2 Å². The quantitative estimate of drug-likeness (QED) is 0.733. The lowest BCUT2D eigenvalue weighted by molar-refractivity contribution is -0.0526. The van der Waals surface area contributed by atoms with Gasteiger partial charge < -0.3 is 24.8 Å². The van der Waals surface area contributed by atoms with Gasteiger partial charge in [0.05, 0.1) is 14.2 Å². The van der Waals surface area contributed by atoms with Crippen LogP contribution >= 0.6 is 0 Å². The number of benzene rings is 1. The first kappa shape index (κ1) is 21.0. The molecule has 6 nitrogen and oxygen atoms in total. The van der Waals surface area contributed by atoms with Crippen LogP contribution in [0.4, 0.5) is 8.78 Å². The second kappa shape index (κ2) is 9.41. The fraction of sp³-hybridized carbons (Fsp3) is 0.588. The van der Waals surface area contributed by atoms with Gasteiger partial charge in [-0.05, 0) is 24.5 Å². The Kier molecular flexibility index (Phi) is 7.89. The van der Waals surface area contributed by atoms with Gasteiger partial charge in [-0.1, -0.05) is 13.8 Å². The third-order valence-corrected chi connectivity index (χ3v) is 3.92. The number of methoxy groups -OCH3 is 2. The molecule has 0 saturated carbocycles. The van der Waals surface area contributed by atoms with Crippen molar-refractivity contribution < 1.29 is 27.8 Å². The fourth-order valence-corrected chi connectivity index (χ4v) is 2.21. The molecule has 142 valence electrons. The first-order valence-electron chi connectivity index (χ1n) is 7.93. The molecule has 1 unspecified atom stereocenters. The van der Waals surface area contributed by atoms with Gasteiger partial charge in [0.25, 0.3) is 5.91 Å². The van der Waals surface area contributed by atoms with Crippen LogP contribution in [0.1, 0.15) is 30.6 Å². The second-order valence-corrected chi connectivity index (χ2v) is 6.01. The molecule has 0 bridgehead atoms. The van der Waals surface area contributed by atoms with Gasteiger partial charge in [-0.15, -0.1) is 0 Å². The number of halogens is 2. The molecule has 0 aliphatic heterocycles. The normalized spacial score (nSPS) is 12.2. The van der Waals surface area contributed by atoms with Crippen LogP contribution in [0, 0.1) is 5.92 Å². The highest BCUT2D eigenvalue weighted by molar-refractivity contribution is 5.95. The van der Waals surface area contributed by atoms with Gasteiger partial charge >= 0.3 is 6.61 Å². The molecule has 1 rings (SSSR count). The molecule has 0 aromatic heterocycles. The minimum atomic E-state index is -3.04. The van der Waals surface area contributed by atoms with Crippen LogP contribution < -0.4 is 19.9 Å². The maximum absolute atomic E-state index is 12.6. The van der Waals surface area contributed by atoms with Crippen LogP contribution in [0.25, 0.3) is 0 Å². The van der Waals surface area contributed by atoms with Crippen LogP contribution in [0.2, 0.25) is 0 Å². The Morgan fingerprint density at radius 1 is 1.20 bits per heavy atom. The second-order valence-electron chi connectivity index (χ2n) is 6.01. The molecular weight excluding hydrogens is 334 g/mol. The highest BCUT2D eigenvalue weighted by Crippen LogP contribution is 2.39. The van der Waals surface area contributed by atoms with Crippen molar-refractivity contribution >= 4 is 5.91 Å². The van der Waals surface area contributed by atoms with Crippen LogP contribution in [-0.2, 0) is 0 Å². The van der Waals surface area contributed by atoms with Gasteiger partial charge in [-0.2, -0.15) is 8.78 Å². The monoisotopic (exact) mass is 360 g/mol. The van der Waals surface area contributed by atoms with Crippen molar-refractivity contribution in [2.24, 2.45) is 11.7 Å². The van der Waals surface area contributed by atoms with Gasteiger partial charge in [0.2, 0.25) is 5.75 Å².